The molecule has 1 aliphatic heterocycles. The molecule has 0 aromatic heterocycles. The Hall–Kier alpha value is -1.75. The molecule has 27 heavy (non-hydrogen) atoms. The highest BCUT2D eigenvalue weighted by atomic mass is 35.5. The first-order valence-electron chi connectivity index (χ1n) is 8.73. The average molecular weight is 426 g/mol. The van der Waals surface area contributed by atoms with E-state index in [4.69, 9.17) is 34.8 Å². The zero-order chi connectivity index (χ0) is 19.6. The molecule has 2 amide bonds. The number of likely N-dealkylation sites (tertiary alicyclic amines) is 1. The molecule has 3 rings (SSSR count). The molecule has 2 aromatic rings. The molecule has 4 nitrogen and oxygen atoms in total. The maximum Gasteiger partial charge on any atom is 0.257 e. The van der Waals surface area contributed by atoms with Crippen molar-refractivity contribution < 1.29 is 9.59 Å². The zero-order valence-corrected chi connectivity index (χ0v) is 17.0. The van der Waals surface area contributed by atoms with E-state index in [1.165, 1.54) is 6.07 Å². The summed E-state index contributed by atoms with van der Waals surface area (Å²) in [7, 11) is 0. The molecule has 2 aromatic carbocycles. The molecule has 7 heteroatoms. The third-order valence-corrected chi connectivity index (χ3v) is 5.48. The summed E-state index contributed by atoms with van der Waals surface area (Å²) in [5.41, 5.74) is 1.05. The number of halogens is 3. The molecular weight excluding hydrogens is 407 g/mol. The van der Waals surface area contributed by atoms with E-state index >= 15 is 0 Å². The lowest BCUT2D eigenvalue weighted by atomic mass is 10.0. The molecule has 1 N–H and O–H groups in total. The molecule has 1 fully saturated rings. The van der Waals surface area contributed by atoms with Crippen LogP contribution in [0.5, 0.6) is 0 Å². The van der Waals surface area contributed by atoms with Crippen molar-refractivity contribution in [3.05, 3.63) is 62.6 Å². The minimum Gasteiger partial charge on any atom is -0.336 e. The van der Waals surface area contributed by atoms with Crippen LogP contribution in [0.15, 0.2) is 36.4 Å². The number of piperidine rings is 1. The van der Waals surface area contributed by atoms with Gasteiger partial charge in [-0.05, 0) is 62.6 Å². The summed E-state index contributed by atoms with van der Waals surface area (Å²) in [5, 5.41) is 3.90. The first-order valence-corrected chi connectivity index (χ1v) is 9.87. The topological polar surface area (TPSA) is 49.4 Å². The van der Waals surface area contributed by atoms with Crippen LogP contribution in [-0.2, 0) is 0 Å². The lowest BCUT2D eigenvalue weighted by Crippen LogP contribution is -2.42. The molecule has 0 aliphatic carbocycles. The van der Waals surface area contributed by atoms with E-state index < -0.39 is 5.91 Å². The van der Waals surface area contributed by atoms with Gasteiger partial charge in [0.05, 0.1) is 21.8 Å². The summed E-state index contributed by atoms with van der Waals surface area (Å²) in [6.07, 6.45) is 3.05. The van der Waals surface area contributed by atoms with Gasteiger partial charge in [-0.25, -0.2) is 0 Å². The molecule has 1 heterocycles. The van der Waals surface area contributed by atoms with Gasteiger partial charge in [0.15, 0.2) is 0 Å². The van der Waals surface area contributed by atoms with Crippen molar-refractivity contribution in [1.82, 2.24) is 4.90 Å². The highest BCUT2D eigenvalue weighted by molar-refractivity contribution is 6.37. The van der Waals surface area contributed by atoms with Gasteiger partial charge in [0, 0.05) is 22.6 Å². The number of carbonyl (C=O) groups is 2. The third-order valence-electron chi connectivity index (χ3n) is 4.70. The van der Waals surface area contributed by atoms with Crippen LogP contribution < -0.4 is 5.32 Å². The van der Waals surface area contributed by atoms with Crippen LogP contribution in [0.1, 0.15) is 46.9 Å². The van der Waals surface area contributed by atoms with Crippen LogP contribution in [0.25, 0.3) is 0 Å². The highest BCUT2D eigenvalue weighted by Crippen LogP contribution is 2.27. The van der Waals surface area contributed by atoms with Crippen LogP contribution in [-0.4, -0.2) is 29.3 Å². The minimum absolute atomic E-state index is 0.137. The number of hydrogen-bond acceptors (Lipinski definition) is 2. The first-order chi connectivity index (χ1) is 12.9. The Morgan fingerprint density at radius 3 is 2.41 bits per heavy atom. The Kier molecular flexibility index (Phi) is 6.30. The Balaban J connectivity index is 1.89. The van der Waals surface area contributed by atoms with Crippen LogP contribution in [0.2, 0.25) is 15.1 Å². The second-order valence-corrected chi connectivity index (χ2v) is 7.89. The lowest BCUT2D eigenvalue weighted by molar-refractivity contribution is 0.0636. The van der Waals surface area contributed by atoms with Crippen molar-refractivity contribution in [2.45, 2.75) is 32.2 Å². The number of anilines is 1. The number of rotatable bonds is 3. The van der Waals surface area contributed by atoms with E-state index in [1.54, 1.807) is 30.3 Å². The largest absolute Gasteiger partial charge is 0.336 e. The van der Waals surface area contributed by atoms with Crippen molar-refractivity contribution in [3.8, 4) is 0 Å². The van der Waals surface area contributed by atoms with Gasteiger partial charge < -0.3 is 10.2 Å². The van der Waals surface area contributed by atoms with E-state index in [0.717, 1.165) is 19.3 Å². The Morgan fingerprint density at radius 1 is 1.00 bits per heavy atom. The summed E-state index contributed by atoms with van der Waals surface area (Å²) in [6, 6.07) is 9.64. The van der Waals surface area contributed by atoms with E-state index in [9.17, 15) is 9.59 Å². The van der Waals surface area contributed by atoms with E-state index in [-0.39, 0.29) is 22.5 Å². The van der Waals surface area contributed by atoms with Crippen LogP contribution >= 0.6 is 34.8 Å². The molecule has 0 spiro atoms. The molecule has 1 saturated heterocycles. The maximum atomic E-state index is 13.1. The maximum absolute atomic E-state index is 13.1. The summed E-state index contributed by atoms with van der Waals surface area (Å²) >= 11 is 18.1. The number of hydrogen-bond donors (Lipinski definition) is 1. The molecular formula is C20H19Cl3N2O2. The summed E-state index contributed by atoms with van der Waals surface area (Å²) in [4.78, 5) is 27.6. The van der Waals surface area contributed by atoms with Gasteiger partial charge in [-0.1, -0.05) is 34.8 Å². The van der Waals surface area contributed by atoms with Gasteiger partial charge >= 0.3 is 0 Å². The Bertz CT molecular complexity index is 886. The average Bonchev–Trinajstić information content (AvgIpc) is 2.63. The normalized spacial score (nSPS) is 16.9. The fourth-order valence-electron chi connectivity index (χ4n) is 3.22. The molecule has 1 aliphatic rings. The quantitative estimate of drug-likeness (QED) is 0.664. The second-order valence-electron chi connectivity index (χ2n) is 6.61. The smallest absolute Gasteiger partial charge is 0.257 e. The lowest BCUT2D eigenvalue weighted by Gasteiger charge is -2.34. The highest BCUT2D eigenvalue weighted by Gasteiger charge is 2.26. The minimum atomic E-state index is -0.417. The number of benzene rings is 2. The molecule has 0 bridgehead atoms. The predicted molar refractivity (Wildman–Crippen MR) is 110 cm³/mol. The van der Waals surface area contributed by atoms with Gasteiger partial charge in [-0.2, -0.15) is 0 Å². The van der Waals surface area contributed by atoms with Crippen molar-refractivity contribution in [2.75, 3.05) is 11.9 Å². The molecule has 1 atom stereocenters. The number of nitrogens with zero attached hydrogens (tertiary/aromatic N) is 1. The predicted octanol–water partition coefficient (Wildman–Crippen LogP) is 5.91. The van der Waals surface area contributed by atoms with Gasteiger partial charge in [-0.3, -0.25) is 9.59 Å². The van der Waals surface area contributed by atoms with E-state index in [0.29, 0.717) is 27.8 Å². The SMILES string of the molecule is C[C@@H]1CCCCN1C(=O)c1cc(Cl)ccc1NC(=O)c1ccc(Cl)cc1Cl. The zero-order valence-electron chi connectivity index (χ0n) is 14.8. The Morgan fingerprint density at radius 2 is 1.70 bits per heavy atom. The van der Waals surface area contributed by atoms with Gasteiger partial charge in [0.2, 0.25) is 0 Å². The Labute approximate surface area is 173 Å². The second kappa shape index (κ2) is 8.51. The van der Waals surface area contributed by atoms with Crippen LogP contribution in [0.4, 0.5) is 5.69 Å². The molecule has 0 unspecified atom stereocenters. The monoisotopic (exact) mass is 424 g/mol. The molecule has 0 radical (unpaired) electrons. The number of amides is 2. The molecule has 0 saturated carbocycles. The van der Waals surface area contributed by atoms with E-state index in [1.807, 2.05) is 11.8 Å². The number of carbonyl (C=O) groups excluding carboxylic acids is 2. The van der Waals surface area contributed by atoms with E-state index in [2.05, 4.69) is 5.32 Å². The van der Waals surface area contributed by atoms with Crippen molar-refractivity contribution in [2.24, 2.45) is 0 Å². The summed E-state index contributed by atoms with van der Waals surface area (Å²) < 4.78 is 0. The summed E-state index contributed by atoms with van der Waals surface area (Å²) in [6.45, 7) is 2.73. The van der Waals surface area contributed by atoms with Crippen LogP contribution in [0.3, 0.4) is 0 Å². The van der Waals surface area contributed by atoms with Crippen LogP contribution in [0, 0.1) is 0 Å². The van der Waals surface area contributed by atoms with Crippen molar-refractivity contribution >= 4 is 52.3 Å². The standard InChI is InChI=1S/C20H19Cl3N2O2/c1-12-4-2-3-9-25(12)20(27)16-10-13(21)6-8-18(16)24-19(26)15-7-5-14(22)11-17(15)23/h5-8,10-12H,2-4,9H2,1H3,(H,24,26)/t12-/m1/s1. The third kappa shape index (κ3) is 4.57. The number of nitrogens with one attached hydrogen (secondary N) is 1. The van der Waals surface area contributed by atoms with Gasteiger partial charge in [0.25, 0.3) is 11.8 Å². The summed E-state index contributed by atoms with van der Waals surface area (Å²) in [5.74, 6) is -0.554. The fraction of sp³-hybridized carbons (Fsp3) is 0.300. The first kappa shape index (κ1) is 20.0. The van der Waals surface area contributed by atoms with Crippen molar-refractivity contribution in [3.63, 3.8) is 0 Å². The molecule has 142 valence electrons. The van der Waals surface area contributed by atoms with Gasteiger partial charge in [-0.15, -0.1) is 0 Å². The fourth-order valence-corrected chi connectivity index (χ4v) is 3.89. The van der Waals surface area contributed by atoms with Crippen molar-refractivity contribution in [1.29, 1.82) is 0 Å². The van der Waals surface area contributed by atoms with Gasteiger partial charge in [0.1, 0.15) is 0 Å².